The maximum absolute atomic E-state index is 5.52. The van der Waals surface area contributed by atoms with Crippen LogP contribution >= 0.6 is 15.9 Å². The Hall–Kier alpha value is -0.540. The van der Waals surface area contributed by atoms with Crippen LogP contribution in [0.15, 0.2) is 16.6 Å². The van der Waals surface area contributed by atoms with Crippen LogP contribution in [0.5, 0.6) is 5.75 Å². The van der Waals surface area contributed by atoms with Gasteiger partial charge in [-0.15, -0.1) is 0 Å². The Morgan fingerprint density at radius 3 is 2.29 bits per heavy atom. The summed E-state index contributed by atoms with van der Waals surface area (Å²) < 4.78 is 6.68. The fourth-order valence-electron chi connectivity index (χ4n) is 2.15. The van der Waals surface area contributed by atoms with Crippen molar-refractivity contribution in [3.05, 3.63) is 27.7 Å². The molecule has 0 atom stereocenters. The van der Waals surface area contributed by atoms with Crippen molar-refractivity contribution in [2.75, 3.05) is 13.7 Å². The molecule has 0 aliphatic carbocycles. The Labute approximate surface area is 138 Å². The molecule has 0 aliphatic rings. The number of hydrogen-bond donors (Lipinski definition) is 1. The molecule has 1 rings (SSSR count). The molecule has 1 aromatic carbocycles. The lowest BCUT2D eigenvalue weighted by atomic mass is 9.85. The fourth-order valence-corrected chi connectivity index (χ4v) is 2.54. The van der Waals surface area contributed by atoms with Crippen molar-refractivity contribution in [1.29, 1.82) is 0 Å². The lowest BCUT2D eigenvalue weighted by Gasteiger charge is -2.30. The summed E-state index contributed by atoms with van der Waals surface area (Å²) in [6.45, 7) is 14.4. The molecular weight excluding hydrogens is 326 g/mol. The molecule has 0 radical (unpaired) electrons. The molecule has 0 fully saturated rings. The van der Waals surface area contributed by atoms with Crippen molar-refractivity contribution in [2.24, 2.45) is 5.41 Å². The van der Waals surface area contributed by atoms with Gasteiger partial charge < -0.3 is 10.1 Å². The number of benzene rings is 1. The Morgan fingerprint density at radius 1 is 1.14 bits per heavy atom. The topological polar surface area (TPSA) is 21.3 Å². The standard InChI is InChI=1S/C18H30BrNO/c1-13-10-16(21-7)14(11-15(13)19)8-9-18(5,6)12-20-17(2,3)4/h10-11,20H,8-9,12H2,1-7H3. The smallest absolute Gasteiger partial charge is 0.122 e. The van der Waals surface area contributed by atoms with Crippen LogP contribution in [0.2, 0.25) is 0 Å². The number of methoxy groups -OCH3 is 1. The number of ether oxygens (including phenoxy) is 1. The van der Waals surface area contributed by atoms with Gasteiger partial charge in [-0.3, -0.25) is 0 Å². The molecule has 0 aliphatic heterocycles. The summed E-state index contributed by atoms with van der Waals surface area (Å²) in [7, 11) is 1.75. The van der Waals surface area contributed by atoms with Gasteiger partial charge in [0, 0.05) is 16.6 Å². The highest BCUT2D eigenvalue weighted by molar-refractivity contribution is 9.10. The minimum atomic E-state index is 0.168. The van der Waals surface area contributed by atoms with Crippen LogP contribution < -0.4 is 10.1 Å². The van der Waals surface area contributed by atoms with Crippen LogP contribution in [0.25, 0.3) is 0 Å². The Kier molecular flexibility index (Phi) is 6.30. The van der Waals surface area contributed by atoms with Crippen LogP contribution in [0.3, 0.4) is 0 Å². The van der Waals surface area contributed by atoms with Gasteiger partial charge in [0.2, 0.25) is 0 Å². The second kappa shape index (κ2) is 7.15. The molecule has 0 aromatic heterocycles. The van der Waals surface area contributed by atoms with Crippen molar-refractivity contribution in [3.63, 3.8) is 0 Å². The summed E-state index contributed by atoms with van der Waals surface area (Å²) >= 11 is 3.62. The number of aryl methyl sites for hydroxylation is 2. The van der Waals surface area contributed by atoms with Gasteiger partial charge in [0.1, 0.15) is 5.75 Å². The van der Waals surface area contributed by atoms with E-state index in [0.717, 1.165) is 29.6 Å². The minimum absolute atomic E-state index is 0.168. The zero-order valence-corrected chi connectivity index (χ0v) is 16.1. The predicted octanol–water partition coefficient (Wildman–Crippen LogP) is 5.11. The summed E-state index contributed by atoms with van der Waals surface area (Å²) in [6.07, 6.45) is 2.16. The molecular formula is C18H30BrNO. The van der Waals surface area contributed by atoms with Crippen molar-refractivity contribution in [1.82, 2.24) is 5.32 Å². The monoisotopic (exact) mass is 355 g/mol. The van der Waals surface area contributed by atoms with E-state index in [1.165, 1.54) is 11.1 Å². The molecule has 3 heteroatoms. The molecule has 0 saturated carbocycles. The molecule has 0 amide bonds. The third kappa shape index (κ3) is 6.39. The first-order chi connectivity index (χ1) is 9.54. The molecule has 1 N–H and O–H groups in total. The van der Waals surface area contributed by atoms with Gasteiger partial charge in [-0.2, -0.15) is 0 Å². The van der Waals surface area contributed by atoms with E-state index in [2.05, 4.69) is 74.9 Å². The molecule has 1 aromatic rings. The van der Waals surface area contributed by atoms with Gasteiger partial charge in [0.25, 0.3) is 0 Å². The Morgan fingerprint density at radius 2 is 1.76 bits per heavy atom. The van der Waals surface area contributed by atoms with E-state index in [1.54, 1.807) is 7.11 Å². The van der Waals surface area contributed by atoms with Gasteiger partial charge in [-0.25, -0.2) is 0 Å². The number of hydrogen-bond acceptors (Lipinski definition) is 2. The third-order valence-corrected chi connectivity index (χ3v) is 4.58. The van der Waals surface area contributed by atoms with E-state index in [1.807, 2.05) is 0 Å². The number of nitrogens with one attached hydrogen (secondary N) is 1. The summed E-state index contributed by atoms with van der Waals surface area (Å²) in [4.78, 5) is 0. The van der Waals surface area contributed by atoms with Crippen LogP contribution in [-0.2, 0) is 6.42 Å². The second-order valence-electron chi connectivity index (χ2n) is 7.68. The van der Waals surface area contributed by atoms with E-state index in [4.69, 9.17) is 4.74 Å². The first-order valence-electron chi connectivity index (χ1n) is 7.62. The molecule has 0 bridgehead atoms. The van der Waals surface area contributed by atoms with Crippen molar-refractivity contribution >= 4 is 15.9 Å². The normalized spacial score (nSPS) is 12.6. The average Bonchev–Trinajstić information content (AvgIpc) is 2.37. The van der Waals surface area contributed by atoms with Crippen molar-refractivity contribution in [3.8, 4) is 5.75 Å². The molecule has 0 unspecified atom stereocenters. The van der Waals surface area contributed by atoms with Crippen molar-refractivity contribution in [2.45, 2.75) is 59.9 Å². The van der Waals surface area contributed by atoms with E-state index in [0.29, 0.717) is 0 Å². The summed E-state index contributed by atoms with van der Waals surface area (Å²) in [5.41, 5.74) is 2.92. The number of halogens is 1. The SMILES string of the molecule is COc1cc(C)c(Br)cc1CCC(C)(C)CNC(C)(C)C. The van der Waals surface area contributed by atoms with Crippen LogP contribution in [0.1, 0.15) is 52.2 Å². The molecule has 21 heavy (non-hydrogen) atoms. The maximum atomic E-state index is 5.52. The molecule has 0 spiro atoms. The largest absolute Gasteiger partial charge is 0.496 e. The Balaban J connectivity index is 2.72. The Bertz CT molecular complexity index is 475. The average molecular weight is 356 g/mol. The maximum Gasteiger partial charge on any atom is 0.122 e. The second-order valence-corrected chi connectivity index (χ2v) is 8.54. The lowest BCUT2D eigenvalue weighted by molar-refractivity contribution is 0.272. The van der Waals surface area contributed by atoms with Crippen LogP contribution in [-0.4, -0.2) is 19.2 Å². The zero-order chi connectivity index (χ0) is 16.3. The quantitative estimate of drug-likeness (QED) is 0.764. The summed E-state index contributed by atoms with van der Waals surface area (Å²) in [6, 6.07) is 4.31. The van der Waals surface area contributed by atoms with E-state index >= 15 is 0 Å². The predicted molar refractivity (Wildman–Crippen MR) is 95.3 cm³/mol. The highest BCUT2D eigenvalue weighted by atomic mass is 79.9. The van der Waals surface area contributed by atoms with Gasteiger partial charge in [-0.05, 0) is 69.2 Å². The zero-order valence-electron chi connectivity index (χ0n) is 14.6. The lowest BCUT2D eigenvalue weighted by Crippen LogP contribution is -2.42. The molecule has 2 nitrogen and oxygen atoms in total. The van der Waals surface area contributed by atoms with Crippen molar-refractivity contribution < 1.29 is 4.74 Å². The molecule has 0 saturated heterocycles. The van der Waals surface area contributed by atoms with Gasteiger partial charge in [-0.1, -0.05) is 29.8 Å². The highest BCUT2D eigenvalue weighted by Gasteiger charge is 2.21. The van der Waals surface area contributed by atoms with Crippen LogP contribution in [0.4, 0.5) is 0 Å². The van der Waals surface area contributed by atoms with E-state index in [9.17, 15) is 0 Å². The number of rotatable bonds is 6. The molecule has 0 heterocycles. The third-order valence-electron chi connectivity index (χ3n) is 3.73. The minimum Gasteiger partial charge on any atom is -0.496 e. The van der Waals surface area contributed by atoms with Gasteiger partial charge >= 0.3 is 0 Å². The van der Waals surface area contributed by atoms with E-state index in [-0.39, 0.29) is 11.0 Å². The molecule has 120 valence electrons. The summed E-state index contributed by atoms with van der Waals surface area (Å²) in [5, 5.41) is 3.61. The van der Waals surface area contributed by atoms with E-state index < -0.39 is 0 Å². The summed E-state index contributed by atoms with van der Waals surface area (Å²) in [5.74, 6) is 0.996. The first kappa shape index (κ1) is 18.5. The van der Waals surface area contributed by atoms with Gasteiger partial charge in [0.15, 0.2) is 0 Å². The highest BCUT2D eigenvalue weighted by Crippen LogP contribution is 2.31. The van der Waals surface area contributed by atoms with Gasteiger partial charge in [0.05, 0.1) is 7.11 Å². The fraction of sp³-hybridized carbons (Fsp3) is 0.667. The van der Waals surface area contributed by atoms with Crippen LogP contribution in [0, 0.1) is 12.3 Å². The first-order valence-corrected chi connectivity index (χ1v) is 8.41.